The van der Waals surface area contributed by atoms with Gasteiger partial charge in [-0.2, -0.15) is 0 Å². The highest BCUT2D eigenvalue weighted by Gasteiger charge is 2.51. The highest BCUT2D eigenvalue weighted by molar-refractivity contribution is 5.77. The van der Waals surface area contributed by atoms with Gasteiger partial charge in [0.15, 0.2) is 0 Å². The Morgan fingerprint density at radius 2 is 1.72 bits per heavy atom. The molecule has 1 amide bonds. The summed E-state index contributed by atoms with van der Waals surface area (Å²) in [6, 6.07) is 0.117. The van der Waals surface area contributed by atoms with Gasteiger partial charge in [0.05, 0.1) is 0 Å². The Labute approximate surface area is 110 Å². The maximum absolute atomic E-state index is 12.1. The maximum atomic E-state index is 12.1. The van der Waals surface area contributed by atoms with Crippen LogP contribution in [0.25, 0.3) is 0 Å². The third kappa shape index (κ3) is 2.29. The van der Waals surface area contributed by atoms with Crippen LogP contribution in [0.15, 0.2) is 0 Å². The highest BCUT2D eigenvalue weighted by Crippen LogP contribution is 2.61. The van der Waals surface area contributed by atoms with Gasteiger partial charge in [-0.1, -0.05) is 0 Å². The molecular weight excluding hydrogens is 224 g/mol. The first-order valence-corrected chi connectivity index (χ1v) is 7.58. The molecule has 4 saturated carbocycles. The number of nitrogens with two attached hydrogens (primary N) is 1. The number of amides is 1. The lowest BCUT2D eigenvalue weighted by Gasteiger charge is -2.56. The smallest absolute Gasteiger partial charge is 0.220 e. The predicted octanol–water partition coefficient (Wildman–Crippen LogP) is 2.06. The Morgan fingerprint density at radius 3 is 2.17 bits per heavy atom. The van der Waals surface area contributed by atoms with Crippen LogP contribution in [0.2, 0.25) is 0 Å². The summed E-state index contributed by atoms with van der Waals surface area (Å²) in [6.45, 7) is 2.52. The molecule has 0 aromatic heterocycles. The predicted molar refractivity (Wildman–Crippen MR) is 71.9 cm³/mol. The molecule has 0 aliphatic heterocycles. The lowest BCUT2D eigenvalue weighted by atomic mass is 9.49. The van der Waals surface area contributed by atoms with Crippen LogP contribution in [0.5, 0.6) is 0 Å². The largest absolute Gasteiger partial charge is 0.352 e. The van der Waals surface area contributed by atoms with E-state index in [0.717, 1.165) is 24.2 Å². The molecule has 0 radical (unpaired) electrons. The molecule has 0 aromatic rings. The van der Waals surface area contributed by atoms with E-state index in [1.165, 1.54) is 38.5 Å². The van der Waals surface area contributed by atoms with E-state index in [-0.39, 0.29) is 11.9 Å². The Balaban J connectivity index is 1.63. The summed E-state index contributed by atoms with van der Waals surface area (Å²) >= 11 is 0. The maximum Gasteiger partial charge on any atom is 0.220 e. The van der Waals surface area contributed by atoms with Crippen molar-refractivity contribution in [1.82, 2.24) is 5.32 Å². The second kappa shape index (κ2) is 4.52. The second-order valence-corrected chi connectivity index (χ2v) is 7.30. The molecule has 0 aromatic carbocycles. The Morgan fingerprint density at radius 1 is 1.22 bits per heavy atom. The van der Waals surface area contributed by atoms with Crippen molar-refractivity contribution in [3.63, 3.8) is 0 Å². The van der Waals surface area contributed by atoms with E-state index in [1.807, 2.05) is 6.92 Å². The van der Waals surface area contributed by atoms with Crippen molar-refractivity contribution in [3.05, 3.63) is 0 Å². The second-order valence-electron chi connectivity index (χ2n) is 7.30. The zero-order chi connectivity index (χ0) is 12.8. The van der Waals surface area contributed by atoms with Gasteiger partial charge in [-0.25, -0.2) is 0 Å². The quantitative estimate of drug-likeness (QED) is 0.802. The van der Waals surface area contributed by atoms with Crippen LogP contribution in [0.3, 0.4) is 0 Å². The molecule has 4 aliphatic rings. The summed E-state index contributed by atoms with van der Waals surface area (Å²) < 4.78 is 0. The zero-order valence-corrected chi connectivity index (χ0v) is 11.5. The molecule has 4 fully saturated rings. The number of hydrogen-bond acceptors (Lipinski definition) is 2. The molecule has 0 unspecified atom stereocenters. The molecule has 3 heteroatoms. The van der Waals surface area contributed by atoms with Gasteiger partial charge in [-0.15, -0.1) is 0 Å². The number of hydrogen-bond donors (Lipinski definition) is 2. The van der Waals surface area contributed by atoms with E-state index < -0.39 is 0 Å². The summed E-state index contributed by atoms with van der Waals surface area (Å²) in [5, 5.41) is 3.04. The molecule has 4 bridgehead atoms. The van der Waals surface area contributed by atoms with Gasteiger partial charge in [-0.05, 0) is 68.6 Å². The molecule has 102 valence electrons. The molecule has 3 N–H and O–H groups in total. The molecule has 4 aliphatic carbocycles. The minimum Gasteiger partial charge on any atom is -0.352 e. The highest BCUT2D eigenvalue weighted by atomic mass is 16.1. The van der Waals surface area contributed by atoms with Crippen molar-refractivity contribution in [2.45, 2.75) is 57.9 Å². The van der Waals surface area contributed by atoms with Crippen LogP contribution < -0.4 is 11.1 Å². The monoisotopic (exact) mass is 250 g/mol. The third-order valence-electron chi connectivity index (χ3n) is 5.46. The van der Waals surface area contributed by atoms with Crippen LogP contribution in [0.1, 0.15) is 51.9 Å². The number of carbonyl (C=O) groups excluding carboxylic acids is 1. The molecule has 1 atom stereocenters. The Hall–Kier alpha value is -0.570. The van der Waals surface area contributed by atoms with Gasteiger partial charge in [0, 0.05) is 19.0 Å². The summed E-state index contributed by atoms with van der Waals surface area (Å²) in [6.07, 6.45) is 9.01. The minimum atomic E-state index is 0.117. The first kappa shape index (κ1) is 12.5. The van der Waals surface area contributed by atoms with Gasteiger partial charge < -0.3 is 11.1 Å². The van der Waals surface area contributed by atoms with Crippen LogP contribution in [-0.4, -0.2) is 18.5 Å². The van der Waals surface area contributed by atoms with E-state index in [4.69, 9.17) is 5.73 Å². The molecule has 0 heterocycles. The standard InChI is InChI=1S/C15H26N2O/c1-10(9-16)17-14(18)8-15-5-11-2-12(6-15)4-13(3-11)7-15/h10-13H,2-9,16H2,1H3,(H,17,18)/t10-,11?,12?,13?,15?/m0/s1. The molecule has 0 saturated heterocycles. The number of carbonyl (C=O) groups is 1. The average Bonchev–Trinajstić information content (AvgIpc) is 2.25. The van der Waals surface area contributed by atoms with Crippen molar-refractivity contribution in [2.75, 3.05) is 6.54 Å². The van der Waals surface area contributed by atoms with Gasteiger partial charge in [0.2, 0.25) is 5.91 Å². The van der Waals surface area contributed by atoms with Gasteiger partial charge in [-0.3, -0.25) is 4.79 Å². The first-order valence-electron chi connectivity index (χ1n) is 7.58. The van der Waals surface area contributed by atoms with E-state index in [0.29, 0.717) is 12.0 Å². The third-order valence-corrected chi connectivity index (χ3v) is 5.46. The fourth-order valence-corrected chi connectivity index (χ4v) is 5.23. The normalized spacial score (nSPS) is 42.9. The van der Waals surface area contributed by atoms with Crippen LogP contribution in [0, 0.1) is 23.2 Å². The Bertz CT molecular complexity index is 304. The topological polar surface area (TPSA) is 55.1 Å². The molecule has 18 heavy (non-hydrogen) atoms. The lowest BCUT2D eigenvalue weighted by molar-refractivity contribution is -0.129. The van der Waals surface area contributed by atoms with Crippen LogP contribution in [-0.2, 0) is 4.79 Å². The van der Waals surface area contributed by atoms with E-state index >= 15 is 0 Å². The lowest BCUT2D eigenvalue weighted by Crippen LogP contribution is -2.49. The fourth-order valence-electron chi connectivity index (χ4n) is 5.23. The van der Waals surface area contributed by atoms with Gasteiger partial charge >= 0.3 is 0 Å². The Kier molecular flexibility index (Phi) is 3.13. The van der Waals surface area contributed by atoms with Crippen molar-refractivity contribution in [2.24, 2.45) is 28.9 Å². The summed E-state index contributed by atoms with van der Waals surface area (Å²) in [4.78, 5) is 12.1. The van der Waals surface area contributed by atoms with E-state index in [2.05, 4.69) is 5.32 Å². The minimum absolute atomic E-state index is 0.117. The van der Waals surface area contributed by atoms with Crippen molar-refractivity contribution in [1.29, 1.82) is 0 Å². The van der Waals surface area contributed by atoms with E-state index in [9.17, 15) is 4.79 Å². The molecule has 0 spiro atoms. The van der Waals surface area contributed by atoms with Crippen LogP contribution in [0.4, 0.5) is 0 Å². The fraction of sp³-hybridized carbons (Fsp3) is 0.933. The van der Waals surface area contributed by atoms with Crippen molar-refractivity contribution < 1.29 is 4.79 Å². The SMILES string of the molecule is C[C@@H](CN)NC(=O)CC12CC3CC(CC(C3)C1)C2. The average molecular weight is 250 g/mol. The van der Waals surface area contributed by atoms with Crippen molar-refractivity contribution in [3.8, 4) is 0 Å². The zero-order valence-electron chi connectivity index (χ0n) is 11.5. The van der Waals surface area contributed by atoms with Gasteiger partial charge in [0.1, 0.15) is 0 Å². The summed E-state index contributed by atoms with van der Waals surface area (Å²) in [5.74, 6) is 3.01. The van der Waals surface area contributed by atoms with Crippen molar-refractivity contribution >= 4 is 5.91 Å². The first-order chi connectivity index (χ1) is 8.58. The summed E-state index contributed by atoms with van der Waals surface area (Å²) in [7, 11) is 0. The number of rotatable bonds is 4. The van der Waals surface area contributed by atoms with Crippen LogP contribution >= 0.6 is 0 Å². The molecular formula is C15H26N2O. The number of nitrogens with one attached hydrogen (secondary N) is 1. The molecule has 4 rings (SSSR count). The van der Waals surface area contributed by atoms with Gasteiger partial charge in [0.25, 0.3) is 0 Å². The van der Waals surface area contributed by atoms with E-state index in [1.54, 1.807) is 0 Å². The molecule has 3 nitrogen and oxygen atoms in total. The summed E-state index contributed by atoms with van der Waals surface area (Å²) in [5.41, 5.74) is 5.92.